The Morgan fingerprint density at radius 3 is 1.25 bits per heavy atom. The lowest BCUT2D eigenvalue weighted by Crippen LogP contribution is -2.49. The Balaban J connectivity index is 2.96. The first-order valence-electron chi connectivity index (χ1n) is 2.73. The number of hydrogen-bond acceptors (Lipinski definition) is 2. The lowest BCUT2D eigenvalue weighted by atomic mass is 10.1. The van der Waals surface area contributed by atoms with Crippen LogP contribution < -0.4 is 0 Å². The Morgan fingerprint density at radius 1 is 1.00 bits per heavy atom. The third kappa shape index (κ3) is 0.977. The van der Waals surface area contributed by atoms with E-state index in [-0.39, 0.29) is 0 Å². The lowest BCUT2D eigenvalue weighted by Gasteiger charge is -2.21. The molecule has 1 heterocycles. The van der Waals surface area contributed by atoms with E-state index in [9.17, 15) is 26.3 Å². The summed E-state index contributed by atoms with van der Waals surface area (Å²) in [4.78, 5) is 0. The number of hydroxylamine groups is 2. The van der Waals surface area contributed by atoms with Crippen molar-refractivity contribution < 1.29 is 31.5 Å². The second-order valence-electron chi connectivity index (χ2n) is 2.41. The third-order valence-corrected chi connectivity index (χ3v) is 1.65. The van der Waals surface area contributed by atoms with Gasteiger partial charge >= 0.3 is 12.4 Å². The molecule has 1 aliphatic heterocycles. The summed E-state index contributed by atoms with van der Waals surface area (Å²) in [5.74, 6) is 0. The van der Waals surface area contributed by atoms with Gasteiger partial charge in [-0.05, 0) is 0 Å². The molecule has 1 atom stereocenters. The molecular formula is C4H3F6NO. The predicted octanol–water partition coefficient (Wildman–Crippen LogP) is 1.55. The van der Waals surface area contributed by atoms with Crippen LogP contribution in [0.5, 0.6) is 0 Å². The maximum Gasteiger partial charge on any atom is 0.419 e. The highest BCUT2D eigenvalue weighted by molar-refractivity contribution is 5.13. The van der Waals surface area contributed by atoms with Gasteiger partial charge in [0.05, 0.1) is 6.54 Å². The zero-order chi connectivity index (χ0) is 9.78. The summed E-state index contributed by atoms with van der Waals surface area (Å²) in [6.07, 6.45) is -11.0. The Kier molecular flexibility index (Phi) is 1.64. The van der Waals surface area contributed by atoms with Gasteiger partial charge in [-0.25, -0.2) is 0 Å². The van der Waals surface area contributed by atoms with E-state index in [1.807, 2.05) is 0 Å². The fourth-order valence-corrected chi connectivity index (χ4v) is 0.814. The SMILES string of the molecule is ON1CC1(C(F)(F)F)C(F)(F)F. The predicted molar refractivity (Wildman–Crippen MR) is 23.3 cm³/mol. The first kappa shape index (κ1) is 9.59. The molecule has 1 saturated heterocycles. The van der Waals surface area contributed by atoms with Crippen molar-refractivity contribution in [1.82, 2.24) is 5.06 Å². The zero-order valence-electron chi connectivity index (χ0n) is 5.37. The smallest absolute Gasteiger partial charge is 0.313 e. The van der Waals surface area contributed by atoms with Gasteiger partial charge in [-0.1, -0.05) is 0 Å². The summed E-state index contributed by atoms with van der Waals surface area (Å²) in [7, 11) is 0. The molecular weight excluding hydrogens is 192 g/mol. The maximum atomic E-state index is 11.7. The molecule has 72 valence electrons. The number of hydrogen-bond donors (Lipinski definition) is 1. The summed E-state index contributed by atoms with van der Waals surface area (Å²) >= 11 is 0. The maximum absolute atomic E-state index is 11.7. The Morgan fingerprint density at radius 2 is 1.25 bits per heavy atom. The fourth-order valence-electron chi connectivity index (χ4n) is 0.814. The van der Waals surface area contributed by atoms with Crippen molar-refractivity contribution in [2.24, 2.45) is 0 Å². The molecule has 0 spiro atoms. The number of alkyl halides is 6. The van der Waals surface area contributed by atoms with Crippen molar-refractivity contribution in [2.75, 3.05) is 6.54 Å². The van der Waals surface area contributed by atoms with Crippen LogP contribution in [0.25, 0.3) is 0 Å². The lowest BCUT2D eigenvalue weighted by molar-refractivity contribution is -0.299. The molecule has 0 amide bonds. The van der Waals surface area contributed by atoms with Crippen LogP contribution in [0.4, 0.5) is 26.3 Å². The van der Waals surface area contributed by atoms with Crippen molar-refractivity contribution in [2.45, 2.75) is 17.9 Å². The number of halogens is 6. The van der Waals surface area contributed by atoms with Crippen molar-refractivity contribution in [3.63, 3.8) is 0 Å². The standard InChI is InChI=1S/C4H3F6NO/c5-3(6,7)2(1-11(2)12)4(8,9)10/h12H,1H2. The van der Waals surface area contributed by atoms with E-state index in [1.54, 1.807) is 0 Å². The number of nitrogens with zero attached hydrogens (tertiary/aromatic N) is 1. The van der Waals surface area contributed by atoms with E-state index in [4.69, 9.17) is 5.21 Å². The van der Waals surface area contributed by atoms with Gasteiger partial charge in [0.1, 0.15) is 0 Å². The van der Waals surface area contributed by atoms with Gasteiger partial charge in [0.25, 0.3) is 5.54 Å². The second kappa shape index (κ2) is 2.05. The second-order valence-corrected chi connectivity index (χ2v) is 2.41. The molecule has 1 rings (SSSR count). The minimum atomic E-state index is -5.49. The van der Waals surface area contributed by atoms with Crippen LogP contribution in [0, 0.1) is 0 Å². The van der Waals surface area contributed by atoms with Crippen molar-refractivity contribution in [3.8, 4) is 0 Å². The summed E-state index contributed by atoms with van der Waals surface area (Å²) in [6, 6.07) is 0. The van der Waals surface area contributed by atoms with E-state index < -0.39 is 29.5 Å². The van der Waals surface area contributed by atoms with Crippen molar-refractivity contribution >= 4 is 0 Å². The van der Waals surface area contributed by atoms with E-state index in [0.717, 1.165) is 0 Å². The highest BCUT2D eigenvalue weighted by atomic mass is 19.4. The summed E-state index contributed by atoms with van der Waals surface area (Å²) in [5, 5.41) is 7.37. The average Bonchev–Trinajstić information content (AvgIpc) is 2.36. The largest absolute Gasteiger partial charge is 0.419 e. The van der Waals surface area contributed by atoms with E-state index in [0.29, 0.717) is 0 Å². The van der Waals surface area contributed by atoms with Crippen molar-refractivity contribution in [3.05, 3.63) is 0 Å². The van der Waals surface area contributed by atoms with Gasteiger partial charge in [0, 0.05) is 0 Å². The van der Waals surface area contributed by atoms with Crippen LogP contribution in [-0.2, 0) is 0 Å². The zero-order valence-corrected chi connectivity index (χ0v) is 5.37. The molecule has 0 radical (unpaired) electrons. The minimum Gasteiger partial charge on any atom is -0.313 e. The molecule has 12 heavy (non-hydrogen) atoms. The van der Waals surface area contributed by atoms with Gasteiger partial charge < -0.3 is 5.21 Å². The van der Waals surface area contributed by atoms with Crippen LogP contribution >= 0.6 is 0 Å². The molecule has 1 aliphatic rings. The Bertz CT molecular complexity index is 181. The van der Waals surface area contributed by atoms with Gasteiger partial charge in [0.2, 0.25) is 0 Å². The highest BCUT2D eigenvalue weighted by Crippen LogP contribution is 2.54. The fraction of sp³-hybridized carbons (Fsp3) is 1.00. The minimum absolute atomic E-state index is 0.771. The molecule has 0 aliphatic carbocycles. The van der Waals surface area contributed by atoms with Crippen LogP contribution in [0.3, 0.4) is 0 Å². The topological polar surface area (TPSA) is 23.2 Å². The van der Waals surface area contributed by atoms with Gasteiger partial charge in [0.15, 0.2) is 0 Å². The first-order chi connectivity index (χ1) is 5.13. The Hall–Kier alpha value is -0.500. The van der Waals surface area contributed by atoms with E-state index >= 15 is 0 Å². The van der Waals surface area contributed by atoms with Crippen molar-refractivity contribution in [1.29, 1.82) is 0 Å². The van der Waals surface area contributed by atoms with Gasteiger partial charge in [-0.3, -0.25) is 0 Å². The molecule has 1 unspecified atom stereocenters. The monoisotopic (exact) mass is 195 g/mol. The quantitative estimate of drug-likeness (QED) is 0.468. The molecule has 8 heteroatoms. The average molecular weight is 195 g/mol. The molecule has 1 fully saturated rings. The van der Waals surface area contributed by atoms with Gasteiger partial charge in [-0.15, -0.1) is 0 Å². The van der Waals surface area contributed by atoms with Crippen LogP contribution in [0.2, 0.25) is 0 Å². The molecule has 0 aromatic carbocycles. The normalized spacial score (nSPS) is 28.8. The molecule has 2 nitrogen and oxygen atoms in total. The summed E-state index contributed by atoms with van der Waals surface area (Å²) in [5.41, 5.74) is -4.03. The van der Waals surface area contributed by atoms with Gasteiger partial charge in [-0.2, -0.15) is 31.4 Å². The molecule has 0 saturated carbocycles. The van der Waals surface area contributed by atoms with Crippen LogP contribution in [0.15, 0.2) is 0 Å². The first-order valence-corrected chi connectivity index (χ1v) is 2.73. The van der Waals surface area contributed by atoms with Crippen LogP contribution in [-0.4, -0.2) is 34.7 Å². The molecule has 0 aromatic heterocycles. The summed E-state index contributed by atoms with van der Waals surface area (Å²) < 4.78 is 70.3. The molecule has 1 N–H and O–H groups in total. The number of rotatable bonds is 0. The Labute approximate surface area is 62.3 Å². The summed E-state index contributed by atoms with van der Waals surface area (Å²) in [6.45, 7) is -1.44. The third-order valence-electron chi connectivity index (χ3n) is 1.65. The van der Waals surface area contributed by atoms with Crippen LogP contribution in [0.1, 0.15) is 0 Å². The molecule has 0 aromatic rings. The molecule has 0 bridgehead atoms. The highest BCUT2D eigenvalue weighted by Gasteiger charge is 2.84. The van der Waals surface area contributed by atoms with E-state index in [1.165, 1.54) is 0 Å². The van der Waals surface area contributed by atoms with E-state index in [2.05, 4.69) is 0 Å².